The highest BCUT2D eigenvalue weighted by Crippen LogP contribution is 2.20. The number of aromatic nitrogens is 2. The highest BCUT2D eigenvalue weighted by molar-refractivity contribution is 5.91. The van der Waals surface area contributed by atoms with Gasteiger partial charge in [-0.2, -0.15) is 0 Å². The summed E-state index contributed by atoms with van der Waals surface area (Å²) in [4.78, 5) is 16.4. The van der Waals surface area contributed by atoms with Crippen LogP contribution in [0.25, 0.3) is 11.0 Å². The SMILES string of the molecule is COC(=O)c1nc2ccc(CN)cc2n1Cc1ccccc1. The van der Waals surface area contributed by atoms with Gasteiger partial charge in [-0.05, 0) is 23.3 Å². The summed E-state index contributed by atoms with van der Waals surface area (Å²) in [6.07, 6.45) is 0. The molecule has 0 aliphatic carbocycles. The molecule has 22 heavy (non-hydrogen) atoms. The van der Waals surface area contributed by atoms with E-state index in [0.29, 0.717) is 18.9 Å². The zero-order valence-corrected chi connectivity index (χ0v) is 12.3. The number of nitrogens with zero attached hydrogens (tertiary/aromatic N) is 2. The van der Waals surface area contributed by atoms with Crippen LogP contribution in [0.4, 0.5) is 0 Å². The van der Waals surface area contributed by atoms with Crippen LogP contribution in [0.2, 0.25) is 0 Å². The van der Waals surface area contributed by atoms with E-state index < -0.39 is 5.97 Å². The van der Waals surface area contributed by atoms with Crippen molar-refractivity contribution in [2.45, 2.75) is 13.1 Å². The third kappa shape index (κ3) is 2.58. The van der Waals surface area contributed by atoms with Crippen molar-refractivity contribution in [1.29, 1.82) is 0 Å². The standard InChI is InChI=1S/C17H17N3O2/c1-22-17(21)16-19-14-8-7-13(10-18)9-15(14)20(16)11-12-5-3-2-4-6-12/h2-9H,10-11,18H2,1H3. The van der Waals surface area contributed by atoms with Gasteiger partial charge in [-0.15, -0.1) is 0 Å². The van der Waals surface area contributed by atoms with Crippen LogP contribution >= 0.6 is 0 Å². The first kappa shape index (κ1) is 14.3. The van der Waals surface area contributed by atoms with E-state index in [1.54, 1.807) is 0 Å². The van der Waals surface area contributed by atoms with Crippen LogP contribution in [0, 0.1) is 0 Å². The van der Waals surface area contributed by atoms with Gasteiger partial charge < -0.3 is 15.0 Å². The molecule has 0 saturated carbocycles. The lowest BCUT2D eigenvalue weighted by Crippen LogP contribution is -2.12. The van der Waals surface area contributed by atoms with Crippen molar-refractivity contribution >= 4 is 17.0 Å². The number of hydrogen-bond donors (Lipinski definition) is 1. The Bertz CT molecular complexity index is 809. The lowest BCUT2D eigenvalue weighted by atomic mass is 10.2. The molecule has 2 aromatic carbocycles. The first-order valence-corrected chi connectivity index (χ1v) is 7.04. The topological polar surface area (TPSA) is 70.1 Å². The van der Waals surface area contributed by atoms with E-state index >= 15 is 0 Å². The number of imidazole rings is 1. The van der Waals surface area contributed by atoms with E-state index in [0.717, 1.165) is 22.2 Å². The molecule has 0 fully saturated rings. The van der Waals surface area contributed by atoms with Gasteiger partial charge in [0.25, 0.3) is 0 Å². The van der Waals surface area contributed by atoms with Crippen molar-refractivity contribution in [3.63, 3.8) is 0 Å². The minimum absolute atomic E-state index is 0.301. The quantitative estimate of drug-likeness (QED) is 0.750. The van der Waals surface area contributed by atoms with Crippen LogP contribution < -0.4 is 5.73 Å². The lowest BCUT2D eigenvalue weighted by molar-refractivity contribution is 0.0582. The Morgan fingerprint density at radius 3 is 2.64 bits per heavy atom. The molecule has 0 radical (unpaired) electrons. The number of carbonyl (C=O) groups excluding carboxylic acids is 1. The van der Waals surface area contributed by atoms with Crippen molar-refractivity contribution in [3.8, 4) is 0 Å². The average molecular weight is 295 g/mol. The molecular formula is C17H17N3O2. The Balaban J connectivity index is 2.16. The fraction of sp³-hybridized carbons (Fsp3) is 0.176. The smallest absolute Gasteiger partial charge is 0.374 e. The largest absolute Gasteiger partial charge is 0.463 e. The Hall–Kier alpha value is -2.66. The first-order valence-electron chi connectivity index (χ1n) is 7.04. The molecule has 3 rings (SSSR count). The predicted molar refractivity (Wildman–Crippen MR) is 84.5 cm³/mol. The minimum atomic E-state index is -0.443. The zero-order chi connectivity index (χ0) is 15.5. The molecule has 0 bridgehead atoms. The van der Waals surface area contributed by atoms with Crippen molar-refractivity contribution in [3.05, 3.63) is 65.5 Å². The molecule has 0 saturated heterocycles. The Morgan fingerprint density at radius 2 is 1.95 bits per heavy atom. The summed E-state index contributed by atoms with van der Waals surface area (Å²) < 4.78 is 6.72. The summed E-state index contributed by atoms with van der Waals surface area (Å²) >= 11 is 0. The van der Waals surface area contributed by atoms with E-state index in [4.69, 9.17) is 10.5 Å². The van der Waals surface area contributed by atoms with E-state index in [9.17, 15) is 4.79 Å². The molecule has 0 aliphatic heterocycles. The average Bonchev–Trinajstić information content (AvgIpc) is 2.93. The highest BCUT2D eigenvalue weighted by atomic mass is 16.5. The summed E-state index contributed by atoms with van der Waals surface area (Å²) in [7, 11) is 1.36. The summed E-state index contributed by atoms with van der Waals surface area (Å²) in [6, 6.07) is 15.7. The van der Waals surface area contributed by atoms with Gasteiger partial charge >= 0.3 is 5.97 Å². The number of benzene rings is 2. The van der Waals surface area contributed by atoms with Crippen molar-refractivity contribution in [1.82, 2.24) is 9.55 Å². The molecule has 3 aromatic rings. The fourth-order valence-corrected chi connectivity index (χ4v) is 2.47. The second-order valence-corrected chi connectivity index (χ2v) is 5.03. The van der Waals surface area contributed by atoms with Crippen LogP contribution in [-0.4, -0.2) is 22.6 Å². The van der Waals surface area contributed by atoms with Crippen molar-refractivity contribution in [2.24, 2.45) is 5.73 Å². The van der Waals surface area contributed by atoms with Gasteiger partial charge in [0.05, 0.1) is 18.1 Å². The monoisotopic (exact) mass is 295 g/mol. The third-order valence-electron chi connectivity index (χ3n) is 3.60. The molecule has 0 unspecified atom stereocenters. The highest BCUT2D eigenvalue weighted by Gasteiger charge is 2.18. The summed E-state index contributed by atoms with van der Waals surface area (Å²) in [5.74, 6) is -0.142. The number of esters is 1. The summed E-state index contributed by atoms with van der Waals surface area (Å²) in [6.45, 7) is 0.996. The Kier molecular flexibility index (Phi) is 3.89. The van der Waals surface area contributed by atoms with Gasteiger partial charge in [-0.1, -0.05) is 36.4 Å². The maximum Gasteiger partial charge on any atom is 0.374 e. The number of fused-ring (bicyclic) bond motifs is 1. The Morgan fingerprint density at radius 1 is 1.18 bits per heavy atom. The fourth-order valence-electron chi connectivity index (χ4n) is 2.47. The molecule has 0 amide bonds. The van der Waals surface area contributed by atoms with E-state index in [-0.39, 0.29) is 0 Å². The number of methoxy groups -OCH3 is 1. The molecule has 1 heterocycles. The molecule has 112 valence electrons. The van der Waals surface area contributed by atoms with Gasteiger partial charge in [0.1, 0.15) is 0 Å². The maximum atomic E-state index is 12.0. The molecule has 5 nitrogen and oxygen atoms in total. The van der Waals surface area contributed by atoms with E-state index in [2.05, 4.69) is 4.98 Å². The number of carbonyl (C=O) groups is 1. The number of nitrogens with two attached hydrogens (primary N) is 1. The molecule has 0 atom stereocenters. The van der Waals surface area contributed by atoms with Gasteiger partial charge in [-0.25, -0.2) is 9.78 Å². The van der Waals surface area contributed by atoms with Gasteiger partial charge in [-0.3, -0.25) is 0 Å². The molecule has 5 heteroatoms. The first-order chi connectivity index (χ1) is 10.7. The molecule has 0 aliphatic rings. The van der Waals surface area contributed by atoms with Crippen LogP contribution in [0.5, 0.6) is 0 Å². The number of hydrogen-bond acceptors (Lipinski definition) is 4. The molecule has 2 N–H and O–H groups in total. The number of rotatable bonds is 4. The minimum Gasteiger partial charge on any atom is -0.463 e. The van der Waals surface area contributed by atoms with Crippen LogP contribution in [0.3, 0.4) is 0 Å². The second-order valence-electron chi connectivity index (χ2n) is 5.03. The third-order valence-corrected chi connectivity index (χ3v) is 3.60. The molecule has 1 aromatic heterocycles. The molecule has 0 spiro atoms. The zero-order valence-electron chi connectivity index (χ0n) is 12.3. The van der Waals surface area contributed by atoms with E-state index in [1.807, 2.05) is 53.1 Å². The summed E-state index contributed by atoms with van der Waals surface area (Å²) in [5, 5.41) is 0. The van der Waals surface area contributed by atoms with Crippen LogP contribution in [-0.2, 0) is 17.8 Å². The Labute approximate surface area is 128 Å². The lowest BCUT2D eigenvalue weighted by Gasteiger charge is -2.08. The second kappa shape index (κ2) is 5.99. The van der Waals surface area contributed by atoms with Gasteiger partial charge in [0, 0.05) is 13.1 Å². The predicted octanol–water partition coefficient (Wildman–Crippen LogP) is 2.33. The molecular weight excluding hydrogens is 278 g/mol. The van der Waals surface area contributed by atoms with Crippen LogP contribution in [0.15, 0.2) is 48.5 Å². The van der Waals surface area contributed by atoms with Crippen molar-refractivity contribution in [2.75, 3.05) is 7.11 Å². The number of ether oxygens (including phenoxy) is 1. The van der Waals surface area contributed by atoms with E-state index in [1.165, 1.54) is 7.11 Å². The van der Waals surface area contributed by atoms with Gasteiger partial charge in [0.15, 0.2) is 0 Å². The maximum absolute atomic E-state index is 12.0. The van der Waals surface area contributed by atoms with Crippen LogP contribution in [0.1, 0.15) is 21.7 Å². The van der Waals surface area contributed by atoms with Crippen molar-refractivity contribution < 1.29 is 9.53 Å². The summed E-state index contributed by atoms with van der Waals surface area (Å²) in [5.41, 5.74) is 9.44. The van der Waals surface area contributed by atoms with Gasteiger partial charge in [0.2, 0.25) is 5.82 Å². The normalized spacial score (nSPS) is 10.8.